The first kappa shape index (κ1) is 13.9. The van der Waals surface area contributed by atoms with Gasteiger partial charge in [0.05, 0.1) is 23.8 Å². The number of pyridine rings is 1. The van der Waals surface area contributed by atoms with Crippen LogP contribution in [0, 0.1) is 0 Å². The maximum Gasteiger partial charge on any atom is 0.221 e. The number of nitrogens with two attached hydrogens (primary N) is 1. The minimum Gasteiger partial charge on any atom is -0.375 e. The van der Waals surface area contributed by atoms with Gasteiger partial charge in [-0.25, -0.2) is 0 Å². The summed E-state index contributed by atoms with van der Waals surface area (Å²) in [5, 5.41) is 8.47. The number of hydrazone groups is 1. The first-order valence-electron chi connectivity index (χ1n) is 5.82. The third-order valence-corrected chi connectivity index (χ3v) is 2.59. The lowest BCUT2D eigenvalue weighted by atomic mass is 10.1. The molecule has 0 aliphatic heterocycles. The number of anilines is 1. The van der Waals surface area contributed by atoms with Crippen LogP contribution in [0.2, 0.25) is 0 Å². The molecule has 0 fully saturated rings. The summed E-state index contributed by atoms with van der Waals surface area (Å²) in [7, 11) is 0. The van der Waals surface area contributed by atoms with E-state index in [-0.39, 0.29) is 11.0 Å². The summed E-state index contributed by atoms with van der Waals surface area (Å²) in [4.78, 5) is 15.5. The zero-order chi connectivity index (χ0) is 14.5. The number of nitrogens with one attached hydrogen (secondary N) is 2. The van der Waals surface area contributed by atoms with Crippen LogP contribution in [0.15, 0.2) is 35.6 Å². The number of hydrogen-bond donors (Lipinski definition) is 3. The Bertz CT molecular complexity index is 698. The fourth-order valence-electron chi connectivity index (χ4n) is 1.76. The molecule has 6 nitrogen and oxygen atoms in total. The molecule has 102 valence electrons. The molecule has 0 spiro atoms. The van der Waals surface area contributed by atoms with Crippen molar-refractivity contribution in [2.24, 2.45) is 10.8 Å². The molecule has 0 saturated carbocycles. The van der Waals surface area contributed by atoms with Gasteiger partial charge in [-0.3, -0.25) is 15.2 Å². The molecule has 0 unspecified atom stereocenters. The number of aromatic nitrogens is 1. The van der Waals surface area contributed by atoms with E-state index in [1.807, 2.05) is 24.3 Å². The second-order valence-electron chi connectivity index (χ2n) is 4.02. The van der Waals surface area contributed by atoms with E-state index in [1.165, 1.54) is 13.1 Å². The Hall–Kier alpha value is -2.54. The van der Waals surface area contributed by atoms with Crippen molar-refractivity contribution in [3.05, 3.63) is 36.2 Å². The molecule has 0 saturated heterocycles. The molecule has 1 amide bonds. The van der Waals surface area contributed by atoms with Gasteiger partial charge in [-0.15, -0.1) is 0 Å². The quantitative estimate of drug-likeness (QED) is 0.450. The Morgan fingerprint density at radius 1 is 1.40 bits per heavy atom. The number of nitrogens with zero attached hydrogens (tertiary/aromatic N) is 2. The second kappa shape index (κ2) is 6.07. The smallest absolute Gasteiger partial charge is 0.221 e. The van der Waals surface area contributed by atoms with E-state index in [1.54, 1.807) is 6.20 Å². The summed E-state index contributed by atoms with van der Waals surface area (Å²) in [6, 6.07) is 7.58. The van der Waals surface area contributed by atoms with Crippen molar-refractivity contribution in [3.63, 3.8) is 0 Å². The lowest BCUT2D eigenvalue weighted by Gasteiger charge is -2.08. The van der Waals surface area contributed by atoms with E-state index in [0.717, 1.165) is 10.8 Å². The highest BCUT2D eigenvalue weighted by Gasteiger charge is 2.06. The molecular weight excluding hydrogens is 274 g/mol. The van der Waals surface area contributed by atoms with Crippen LogP contribution in [0.25, 0.3) is 10.8 Å². The van der Waals surface area contributed by atoms with E-state index in [2.05, 4.69) is 33.0 Å². The Kier molecular flexibility index (Phi) is 4.21. The van der Waals surface area contributed by atoms with Gasteiger partial charge in [-0.05, 0) is 12.2 Å². The predicted molar refractivity (Wildman–Crippen MR) is 83.6 cm³/mol. The Balaban J connectivity index is 2.45. The molecular formula is C13H13N5OS. The van der Waals surface area contributed by atoms with Crippen LogP contribution in [0.5, 0.6) is 0 Å². The van der Waals surface area contributed by atoms with E-state index in [0.29, 0.717) is 11.4 Å². The van der Waals surface area contributed by atoms with Crippen LogP contribution in [0.4, 0.5) is 5.69 Å². The number of hydrogen-bond acceptors (Lipinski definition) is 4. The maximum absolute atomic E-state index is 11.2. The topological polar surface area (TPSA) is 92.4 Å². The highest BCUT2D eigenvalue weighted by atomic mass is 32.1. The summed E-state index contributed by atoms with van der Waals surface area (Å²) in [6.07, 6.45) is 3.12. The van der Waals surface area contributed by atoms with Crippen molar-refractivity contribution in [1.82, 2.24) is 10.4 Å². The fourth-order valence-corrected chi connectivity index (χ4v) is 1.82. The Morgan fingerprint density at radius 2 is 2.10 bits per heavy atom. The van der Waals surface area contributed by atoms with Crippen molar-refractivity contribution in [2.45, 2.75) is 6.92 Å². The third-order valence-electron chi connectivity index (χ3n) is 2.50. The van der Waals surface area contributed by atoms with Gasteiger partial charge in [0.1, 0.15) is 0 Å². The molecule has 2 rings (SSSR count). The van der Waals surface area contributed by atoms with Crippen LogP contribution < -0.4 is 16.5 Å². The molecule has 1 heterocycles. The molecule has 4 N–H and O–H groups in total. The molecule has 1 aromatic heterocycles. The standard InChI is InChI=1S/C13H13N5OS/c1-8(19)17-12-6-15-11(7-16-18-13(14)20)9-4-2-3-5-10(9)12/h2-7H,1H3,(H,17,19)(H3,14,18,20)/b16-7+. The van der Waals surface area contributed by atoms with Crippen LogP contribution in [0.3, 0.4) is 0 Å². The van der Waals surface area contributed by atoms with Crippen molar-refractivity contribution >= 4 is 45.9 Å². The Labute approximate surface area is 121 Å². The summed E-state index contributed by atoms with van der Waals surface area (Å²) in [6.45, 7) is 1.45. The molecule has 1 aromatic carbocycles. The molecule has 0 bridgehead atoms. The summed E-state index contributed by atoms with van der Waals surface area (Å²) in [5.74, 6) is -0.145. The average molecular weight is 287 g/mol. The summed E-state index contributed by atoms with van der Waals surface area (Å²) in [5.41, 5.74) is 9.07. The zero-order valence-corrected chi connectivity index (χ0v) is 11.6. The van der Waals surface area contributed by atoms with Crippen molar-refractivity contribution in [1.29, 1.82) is 0 Å². The summed E-state index contributed by atoms with van der Waals surface area (Å²) >= 11 is 4.66. The van der Waals surface area contributed by atoms with Gasteiger partial charge >= 0.3 is 0 Å². The molecule has 2 aromatic rings. The zero-order valence-electron chi connectivity index (χ0n) is 10.8. The largest absolute Gasteiger partial charge is 0.375 e. The minimum absolute atomic E-state index is 0.0837. The molecule has 0 radical (unpaired) electrons. The molecule has 0 atom stereocenters. The highest BCUT2D eigenvalue weighted by Crippen LogP contribution is 2.24. The number of carbonyl (C=O) groups excluding carboxylic acids is 1. The molecule has 20 heavy (non-hydrogen) atoms. The van der Waals surface area contributed by atoms with Crippen molar-refractivity contribution < 1.29 is 4.79 Å². The first-order valence-corrected chi connectivity index (χ1v) is 6.22. The van der Waals surface area contributed by atoms with E-state index in [4.69, 9.17) is 5.73 Å². The number of benzene rings is 1. The normalized spacial score (nSPS) is 10.7. The van der Waals surface area contributed by atoms with E-state index in [9.17, 15) is 4.79 Å². The number of rotatable bonds is 3. The maximum atomic E-state index is 11.2. The van der Waals surface area contributed by atoms with Gasteiger partial charge in [-0.2, -0.15) is 5.10 Å². The molecule has 7 heteroatoms. The lowest BCUT2D eigenvalue weighted by molar-refractivity contribution is -0.114. The van der Waals surface area contributed by atoms with Crippen molar-refractivity contribution in [3.8, 4) is 0 Å². The number of thiocarbonyl (C=S) groups is 1. The number of carbonyl (C=O) groups is 1. The molecule has 0 aliphatic rings. The number of amides is 1. The fraction of sp³-hybridized carbons (Fsp3) is 0.0769. The second-order valence-corrected chi connectivity index (χ2v) is 4.46. The van der Waals surface area contributed by atoms with Gasteiger partial charge in [0, 0.05) is 17.7 Å². The van der Waals surface area contributed by atoms with Crippen LogP contribution in [0.1, 0.15) is 12.6 Å². The van der Waals surface area contributed by atoms with Crippen LogP contribution in [-0.2, 0) is 4.79 Å². The van der Waals surface area contributed by atoms with Gasteiger partial charge in [0.25, 0.3) is 0 Å². The minimum atomic E-state index is -0.145. The van der Waals surface area contributed by atoms with Gasteiger partial charge in [0.2, 0.25) is 5.91 Å². The van der Waals surface area contributed by atoms with E-state index < -0.39 is 0 Å². The monoisotopic (exact) mass is 287 g/mol. The highest BCUT2D eigenvalue weighted by molar-refractivity contribution is 7.80. The number of fused-ring (bicyclic) bond motifs is 1. The first-order chi connectivity index (χ1) is 9.58. The summed E-state index contributed by atoms with van der Waals surface area (Å²) < 4.78 is 0. The average Bonchev–Trinajstić information content (AvgIpc) is 2.40. The van der Waals surface area contributed by atoms with Gasteiger partial charge in [0.15, 0.2) is 5.11 Å². The van der Waals surface area contributed by atoms with Crippen LogP contribution in [-0.4, -0.2) is 22.2 Å². The molecule has 0 aliphatic carbocycles. The van der Waals surface area contributed by atoms with Gasteiger partial charge in [-0.1, -0.05) is 24.3 Å². The SMILES string of the molecule is CC(=O)Nc1cnc(/C=N/NC(N)=S)c2ccccc12. The predicted octanol–water partition coefficient (Wildman–Crippen LogP) is 1.36. The third kappa shape index (κ3) is 3.27. The Morgan fingerprint density at radius 3 is 2.75 bits per heavy atom. The van der Waals surface area contributed by atoms with Gasteiger partial charge < -0.3 is 11.1 Å². The van der Waals surface area contributed by atoms with Crippen molar-refractivity contribution in [2.75, 3.05) is 5.32 Å². The lowest BCUT2D eigenvalue weighted by Crippen LogP contribution is -2.24. The van der Waals surface area contributed by atoms with E-state index >= 15 is 0 Å². The van der Waals surface area contributed by atoms with Crippen LogP contribution >= 0.6 is 12.2 Å².